The van der Waals surface area contributed by atoms with Crippen molar-refractivity contribution in [1.29, 1.82) is 0 Å². The van der Waals surface area contributed by atoms with Crippen molar-refractivity contribution in [1.82, 2.24) is 20.4 Å². The van der Waals surface area contributed by atoms with Gasteiger partial charge in [0.1, 0.15) is 0 Å². The fraction of sp³-hybridized carbons (Fsp3) is 0.895. The Balaban J connectivity index is 2.33. The predicted molar refractivity (Wildman–Crippen MR) is 108 cm³/mol. The van der Waals surface area contributed by atoms with E-state index in [2.05, 4.69) is 36.3 Å². The largest absolute Gasteiger partial charge is 0.450 e. The van der Waals surface area contributed by atoms with Gasteiger partial charge in [0.15, 0.2) is 5.96 Å². The molecule has 0 radical (unpaired) electrons. The highest BCUT2D eigenvalue weighted by molar-refractivity contribution is 5.80. The maximum absolute atomic E-state index is 11.8. The summed E-state index contributed by atoms with van der Waals surface area (Å²) in [7, 11) is 0. The summed E-state index contributed by atoms with van der Waals surface area (Å²) >= 11 is 0. The molecule has 0 saturated carbocycles. The first-order valence-electron chi connectivity index (χ1n) is 10.3. The van der Waals surface area contributed by atoms with Crippen LogP contribution in [0.3, 0.4) is 0 Å². The molecule has 1 saturated heterocycles. The number of hydrogen-bond acceptors (Lipinski definition) is 4. The van der Waals surface area contributed by atoms with Gasteiger partial charge in [0, 0.05) is 32.2 Å². The molecule has 26 heavy (non-hydrogen) atoms. The van der Waals surface area contributed by atoms with Crippen molar-refractivity contribution in [3.8, 4) is 0 Å². The SMILES string of the molecule is CCNC(=NCCCCN(CC)CC)NC1CCN(C(=O)OCC)CC1. The van der Waals surface area contributed by atoms with E-state index in [1.807, 2.05) is 6.92 Å². The Morgan fingerprint density at radius 2 is 1.85 bits per heavy atom. The second-order valence-electron chi connectivity index (χ2n) is 6.60. The molecule has 152 valence electrons. The molecular weight excluding hydrogens is 330 g/mol. The number of amides is 1. The van der Waals surface area contributed by atoms with Crippen molar-refractivity contribution in [2.45, 2.75) is 59.4 Å². The summed E-state index contributed by atoms with van der Waals surface area (Å²) in [5.74, 6) is 0.893. The van der Waals surface area contributed by atoms with Crippen LogP contribution in [-0.4, -0.2) is 80.3 Å². The average Bonchev–Trinajstić information content (AvgIpc) is 2.65. The topological polar surface area (TPSA) is 69.2 Å². The highest BCUT2D eigenvalue weighted by Gasteiger charge is 2.23. The molecule has 0 aromatic heterocycles. The number of aliphatic imine (C=N–C) groups is 1. The Hall–Kier alpha value is -1.50. The monoisotopic (exact) mass is 369 g/mol. The lowest BCUT2D eigenvalue weighted by molar-refractivity contribution is 0.0963. The van der Waals surface area contributed by atoms with Crippen molar-refractivity contribution in [3.05, 3.63) is 0 Å². The Bertz CT molecular complexity index is 405. The van der Waals surface area contributed by atoms with E-state index in [9.17, 15) is 4.79 Å². The molecule has 0 bridgehead atoms. The molecule has 0 atom stereocenters. The van der Waals surface area contributed by atoms with Crippen LogP contribution in [0.25, 0.3) is 0 Å². The third-order valence-electron chi connectivity index (χ3n) is 4.75. The van der Waals surface area contributed by atoms with Gasteiger partial charge in [0.2, 0.25) is 0 Å². The number of hydrogen-bond donors (Lipinski definition) is 2. The molecular formula is C19H39N5O2. The number of nitrogens with zero attached hydrogens (tertiary/aromatic N) is 3. The first kappa shape index (κ1) is 22.5. The first-order valence-corrected chi connectivity index (χ1v) is 10.3. The summed E-state index contributed by atoms with van der Waals surface area (Å²) in [5, 5.41) is 6.85. The Morgan fingerprint density at radius 1 is 1.15 bits per heavy atom. The normalized spacial score (nSPS) is 16.0. The van der Waals surface area contributed by atoms with E-state index in [0.29, 0.717) is 12.6 Å². The van der Waals surface area contributed by atoms with E-state index in [1.165, 1.54) is 6.42 Å². The van der Waals surface area contributed by atoms with Gasteiger partial charge < -0.3 is 25.2 Å². The third-order valence-corrected chi connectivity index (χ3v) is 4.75. The average molecular weight is 370 g/mol. The lowest BCUT2D eigenvalue weighted by atomic mass is 10.1. The number of unbranched alkanes of at least 4 members (excludes halogenated alkanes) is 1. The molecule has 7 nitrogen and oxygen atoms in total. The molecule has 1 amide bonds. The van der Waals surface area contributed by atoms with Gasteiger partial charge in [0.25, 0.3) is 0 Å². The van der Waals surface area contributed by atoms with Gasteiger partial charge in [-0.25, -0.2) is 4.79 Å². The lowest BCUT2D eigenvalue weighted by Gasteiger charge is -2.32. The van der Waals surface area contributed by atoms with E-state index >= 15 is 0 Å². The van der Waals surface area contributed by atoms with Gasteiger partial charge in [-0.05, 0) is 59.2 Å². The maximum Gasteiger partial charge on any atom is 0.409 e. The molecule has 1 fully saturated rings. The summed E-state index contributed by atoms with van der Waals surface area (Å²) < 4.78 is 5.07. The number of piperidine rings is 1. The van der Waals surface area contributed by atoms with Crippen LogP contribution in [0.2, 0.25) is 0 Å². The van der Waals surface area contributed by atoms with Crippen LogP contribution in [0, 0.1) is 0 Å². The van der Waals surface area contributed by atoms with E-state index in [0.717, 1.165) is 71.0 Å². The fourth-order valence-corrected chi connectivity index (χ4v) is 3.11. The molecule has 0 aliphatic carbocycles. The predicted octanol–water partition coefficient (Wildman–Crippen LogP) is 2.28. The molecule has 0 aromatic carbocycles. The molecule has 1 rings (SSSR count). The van der Waals surface area contributed by atoms with Crippen molar-refractivity contribution < 1.29 is 9.53 Å². The maximum atomic E-state index is 11.8. The Labute approximate surface area is 159 Å². The van der Waals surface area contributed by atoms with Crippen molar-refractivity contribution >= 4 is 12.1 Å². The van der Waals surface area contributed by atoms with Gasteiger partial charge in [-0.1, -0.05) is 13.8 Å². The van der Waals surface area contributed by atoms with Gasteiger partial charge >= 0.3 is 6.09 Å². The zero-order valence-electron chi connectivity index (χ0n) is 17.2. The fourth-order valence-electron chi connectivity index (χ4n) is 3.11. The number of carbonyl (C=O) groups excluding carboxylic acids is 1. The second-order valence-corrected chi connectivity index (χ2v) is 6.60. The smallest absolute Gasteiger partial charge is 0.409 e. The zero-order valence-corrected chi connectivity index (χ0v) is 17.2. The molecule has 1 heterocycles. The molecule has 0 spiro atoms. The Kier molecular flexibility index (Phi) is 11.9. The van der Waals surface area contributed by atoms with Gasteiger partial charge in [-0.15, -0.1) is 0 Å². The van der Waals surface area contributed by atoms with Crippen molar-refractivity contribution in [3.63, 3.8) is 0 Å². The minimum absolute atomic E-state index is 0.195. The van der Waals surface area contributed by atoms with Crippen LogP contribution in [0.15, 0.2) is 4.99 Å². The first-order chi connectivity index (χ1) is 12.6. The van der Waals surface area contributed by atoms with E-state index in [4.69, 9.17) is 9.73 Å². The number of likely N-dealkylation sites (tertiary alicyclic amines) is 1. The lowest BCUT2D eigenvalue weighted by Crippen LogP contribution is -2.49. The van der Waals surface area contributed by atoms with Crippen LogP contribution >= 0.6 is 0 Å². The van der Waals surface area contributed by atoms with Crippen LogP contribution in [0.1, 0.15) is 53.4 Å². The number of nitrogens with one attached hydrogen (secondary N) is 2. The molecule has 0 unspecified atom stereocenters. The molecule has 0 aromatic rings. The van der Waals surface area contributed by atoms with Crippen LogP contribution in [0.4, 0.5) is 4.79 Å². The number of rotatable bonds is 10. The van der Waals surface area contributed by atoms with Crippen LogP contribution in [0.5, 0.6) is 0 Å². The second kappa shape index (κ2) is 13.7. The minimum atomic E-state index is -0.195. The summed E-state index contributed by atoms with van der Waals surface area (Å²) in [4.78, 5) is 20.7. The summed E-state index contributed by atoms with van der Waals surface area (Å²) in [6.07, 6.45) is 3.94. The number of guanidine groups is 1. The Morgan fingerprint density at radius 3 is 2.42 bits per heavy atom. The molecule has 1 aliphatic rings. The number of carbonyl (C=O) groups is 1. The molecule has 2 N–H and O–H groups in total. The highest BCUT2D eigenvalue weighted by atomic mass is 16.6. The quantitative estimate of drug-likeness (QED) is 0.351. The molecule has 7 heteroatoms. The minimum Gasteiger partial charge on any atom is -0.450 e. The summed E-state index contributed by atoms with van der Waals surface area (Å²) in [6.45, 7) is 15.3. The molecule has 1 aliphatic heterocycles. The standard InChI is InChI=1S/C19H39N5O2/c1-5-20-18(21-13-9-10-14-23(6-2)7-3)22-17-11-15-24(16-12-17)19(25)26-8-4/h17H,5-16H2,1-4H3,(H2,20,21,22). The van der Waals surface area contributed by atoms with E-state index in [-0.39, 0.29) is 6.09 Å². The van der Waals surface area contributed by atoms with Crippen LogP contribution < -0.4 is 10.6 Å². The summed E-state index contributed by atoms with van der Waals surface area (Å²) in [6, 6.07) is 0.356. The van der Waals surface area contributed by atoms with Gasteiger partial charge in [-0.3, -0.25) is 4.99 Å². The van der Waals surface area contributed by atoms with E-state index in [1.54, 1.807) is 4.90 Å². The van der Waals surface area contributed by atoms with Crippen LogP contribution in [-0.2, 0) is 4.74 Å². The summed E-state index contributed by atoms with van der Waals surface area (Å²) in [5.41, 5.74) is 0. The zero-order chi connectivity index (χ0) is 19.2. The number of ether oxygens (including phenoxy) is 1. The third kappa shape index (κ3) is 8.74. The highest BCUT2D eigenvalue weighted by Crippen LogP contribution is 2.11. The van der Waals surface area contributed by atoms with E-state index < -0.39 is 0 Å². The van der Waals surface area contributed by atoms with Crippen molar-refractivity contribution in [2.75, 3.05) is 52.4 Å². The van der Waals surface area contributed by atoms with Gasteiger partial charge in [0.05, 0.1) is 6.61 Å². The van der Waals surface area contributed by atoms with Gasteiger partial charge in [-0.2, -0.15) is 0 Å². The van der Waals surface area contributed by atoms with Crippen molar-refractivity contribution in [2.24, 2.45) is 4.99 Å².